The first kappa shape index (κ1) is 18.7. The average Bonchev–Trinajstić information content (AvgIpc) is 3.41. The van der Waals surface area contributed by atoms with Gasteiger partial charge in [0, 0.05) is 17.5 Å². The van der Waals surface area contributed by atoms with Crippen molar-refractivity contribution in [2.75, 3.05) is 13.7 Å². The molecular weight excluding hydrogens is 400 g/mol. The van der Waals surface area contributed by atoms with E-state index in [-0.39, 0.29) is 24.8 Å². The summed E-state index contributed by atoms with van der Waals surface area (Å²) in [4.78, 5) is 39.5. The van der Waals surface area contributed by atoms with Gasteiger partial charge in [-0.3, -0.25) is 14.9 Å². The summed E-state index contributed by atoms with van der Waals surface area (Å²) in [5, 5.41) is 14.6. The number of hydrogen-bond donors (Lipinski definition) is 2. The Morgan fingerprint density at radius 2 is 2.03 bits per heavy atom. The van der Waals surface area contributed by atoms with Gasteiger partial charge in [0.15, 0.2) is 5.54 Å². The van der Waals surface area contributed by atoms with Crippen molar-refractivity contribution in [3.63, 3.8) is 0 Å². The van der Waals surface area contributed by atoms with E-state index in [2.05, 4.69) is 16.7 Å². The first-order valence-electron chi connectivity index (χ1n) is 9.47. The summed E-state index contributed by atoms with van der Waals surface area (Å²) in [5.74, 6) is -0.146. The molecule has 5 rings (SSSR count). The number of furan rings is 1. The normalized spacial score (nSPS) is 19.9. The molecule has 1 saturated heterocycles. The van der Waals surface area contributed by atoms with Crippen LogP contribution in [0.25, 0.3) is 11.0 Å². The second kappa shape index (κ2) is 6.60. The molecule has 2 aliphatic rings. The van der Waals surface area contributed by atoms with Crippen molar-refractivity contribution in [2.45, 2.75) is 12.1 Å². The number of hydrogen-bond acceptors (Lipinski definition) is 6. The molecule has 0 spiro atoms. The molecule has 3 aromatic rings. The highest BCUT2D eigenvalue weighted by molar-refractivity contribution is 6.08. The van der Waals surface area contributed by atoms with Crippen molar-refractivity contribution in [2.24, 2.45) is 0 Å². The molecule has 2 aliphatic heterocycles. The fraction of sp³-hybridized carbons (Fsp3) is 0.182. The molecule has 1 aromatic heterocycles. The Hall–Kier alpha value is -4.32. The van der Waals surface area contributed by atoms with Gasteiger partial charge in [-0.15, -0.1) is 0 Å². The summed E-state index contributed by atoms with van der Waals surface area (Å²) < 4.78 is 11.1. The SMILES string of the molecule is COc1ccc2c(c1)C(=O)N(CC1(c3cc4cc(C#N)ccc4o3)NC(=O)NC1=O)C2. The average molecular weight is 416 g/mol. The molecular formula is C22H16N4O5. The predicted octanol–water partition coefficient (Wildman–Crippen LogP) is 2.00. The van der Waals surface area contributed by atoms with E-state index < -0.39 is 17.5 Å². The third-order valence-corrected chi connectivity index (χ3v) is 5.63. The second-order valence-corrected chi connectivity index (χ2v) is 7.47. The first-order chi connectivity index (χ1) is 14.9. The standard InChI is InChI=1S/C22H16N4O5/c1-30-15-4-3-13-10-26(19(27)16(13)8-15)11-22(20(28)24-21(29)25-22)18-7-14-6-12(9-23)2-5-17(14)31-18/h2-8H,10-11H2,1H3,(H2,24,25,28,29). The van der Waals surface area contributed by atoms with Gasteiger partial charge in [-0.05, 0) is 42.0 Å². The maximum absolute atomic E-state index is 13.0. The number of amides is 4. The quantitative estimate of drug-likeness (QED) is 0.627. The fourth-order valence-electron chi connectivity index (χ4n) is 4.06. The Morgan fingerprint density at radius 1 is 1.19 bits per heavy atom. The zero-order chi connectivity index (χ0) is 21.8. The van der Waals surface area contributed by atoms with Gasteiger partial charge in [-0.25, -0.2) is 4.79 Å². The topological polar surface area (TPSA) is 125 Å². The third kappa shape index (κ3) is 2.80. The summed E-state index contributed by atoms with van der Waals surface area (Å²) in [5.41, 5.74) is 0.595. The lowest BCUT2D eigenvalue weighted by Gasteiger charge is -2.29. The zero-order valence-corrected chi connectivity index (χ0v) is 16.4. The highest BCUT2D eigenvalue weighted by Crippen LogP contribution is 2.35. The van der Waals surface area contributed by atoms with Gasteiger partial charge in [0.1, 0.15) is 17.1 Å². The molecule has 2 N–H and O–H groups in total. The van der Waals surface area contributed by atoms with Crippen LogP contribution in [0.5, 0.6) is 5.75 Å². The molecule has 1 atom stereocenters. The lowest BCUT2D eigenvalue weighted by Crippen LogP contribution is -2.52. The number of methoxy groups -OCH3 is 1. The number of carbonyl (C=O) groups excluding carboxylic acids is 3. The summed E-state index contributed by atoms with van der Waals surface area (Å²) in [7, 11) is 1.52. The van der Waals surface area contributed by atoms with Gasteiger partial charge in [0.05, 0.1) is 25.3 Å². The van der Waals surface area contributed by atoms with E-state index in [1.54, 1.807) is 42.5 Å². The molecule has 0 saturated carbocycles. The molecule has 31 heavy (non-hydrogen) atoms. The Labute approximate surface area is 176 Å². The van der Waals surface area contributed by atoms with Gasteiger partial charge in [0.2, 0.25) is 0 Å². The van der Waals surface area contributed by atoms with Crippen LogP contribution in [0.4, 0.5) is 4.79 Å². The molecule has 4 amide bonds. The number of urea groups is 1. The van der Waals surface area contributed by atoms with Gasteiger partial charge in [0.25, 0.3) is 11.8 Å². The van der Waals surface area contributed by atoms with Crippen molar-refractivity contribution in [1.82, 2.24) is 15.5 Å². The smallest absolute Gasteiger partial charge is 0.322 e. The molecule has 3 heterocycles. The Kier molecular flexibility index (Phi) is 3.98. The highest BCUT2D eigenvalue weighted by Gasteiger charge is 2.53. The molecule has 1 unspecified atom stereocenters. The van der Waals surface area contributed by atoms with E-state index in [0.29, 0.717) is 27.8 Å². The number of imide groups is 1. The molecule has 1 fully saturated rings. The fourth-order valence-corrected chi connectivity index (χ4v) is 4.06. The van der Waals surface area contributed by atoms with Crippen LogP contribution < -0.4 is 15.4 Å². The summed E-state index contributed by atoms with van der Waals surface area (Å²) >= 11 is 0. The van der Waals surface area contributed by atoms with Gasteiger partial charge < -0.3 is 19.4 Å². The summed E-state index contributed by atoms with van der Waals surface area (Å²) in [6.07, 6.45) is 0. The van der Waals surface area contributed by atoms with Crippen LogP contribution in [0, 0.1) is 11.3 Å². The minimum Gasteiger partial charge on any atom is -0.497 e. The number of benzene rings is 2. The van der Waals surface area contributed by atoms with E-state index in [9.17, 15) is 14.4 Å². The molecule has 9 nitrogen and oxygen atoms in total. The monoisotopic (exact) mass is 416 g/mol. The van der Waals surface area contributed by atoms with Crippen LogP contribution >= 0.6 is 0 Å². The predicted molar refractivity (Wildman–Crippen MR) is 107 cm³/mol. The molecule has 0 radical (unpaired) electrons. The van der Waals surface area contributed by atoms with Gasteiger partial charge in [-0.2, -0.15) is 5.26 Å². The molecule has 0 bridgehead atoms. The Bertz CT molecular complexity index is 1320. The number of fused-ring (bicyclic) bond motifs is 2. The molecule has 0 aliphatic carbocycles. The summed E-state index contributed by atoms with van der Waals surface area (Å²) in [6, 6.07) is 13.1. The first-order valence-corrected chi connectivity index (χ1v) is 9.47. The lowest BCUT2D eigenvalue weighted by molar-refractivity contribution is -0.125. The van der Waals surface area contributed by atoms with Crippen molar-refractivity contribution < 1.29 is 23.5 Å². The van der Waals surface area contributed by atoms with Crippen LogP contribution in [-0.4, -0.2) is 36.4 Å². The van der Waals surface area contributed by atoms with Crippen molar-refractivity contribution in [3.05, 3.63) is 64.9 Å². The van der Waals surface area contributed by atoms with Crippen molar-refractivity contribution in [1.29, 1.82) is 5.26 Å². The number of nitrogens with zero attached hydrogens (tertiary/aromatic N) is 2. The minimum atomic E-state index is -1.59. The second-order valence-electron chi connectivity index (χ2n) is 7.47. The summed E-state index contributed by atoms with van der Waals surface area (Å²) in [6.45, 7) is 0.160. The van der Waals surface area contributed by atoms with E-state index in [1.165, 1.54) is 12.0 Å². The third-order valence-electron chi connectivity index (χ3n) is 5.63. The molecule has 2 aromatic carbocycles. The van der Waals surface area contributed by atoms with Crippen LogP contribution in [0.2, 0.25) is 0 Å². The van der Waals surface area contributed by atoms with Crippen molar-refractivity contribution in [3.8, 4) is 11.8 Å². The number of rotatable bonds is 4. The van der Waals surface area contributed by atoms with Crippen molar-refractivity contribution >= 4 is 28.8 Å². The van der Waals surface area contributed by atoms with E-state index >= 15 is 0 Å². The van der Waals surface area contributed by atoms with E-state index in [4.69, 9.17) is 14.4 Å². The minimum absolute atomic E-state index is 0.120. The Morgan fingerprint density at radius 3 is 2.74 bits per heavy atom. The Balaban J connectivity index is 1.55. The lowest BCUT2D eigenvalue weighted by atomic mass is 9.95. The van der Waals surface area contributed by atoms with Gasteiger partial charge >= 0.3 is 6.03 Å². The van der Waals surface area contributed by atoms with Crippen LogP contribution in [0.1, 0.15) is 27.2 Å². The maximum Gasteiger partial charge on any atom is 0.322 e. The molecule has 154 valence electrons. The van der Waals surface area contributed by atoms with Gasteiger partial charge in [-0.1, -0.05) is 6.07 Å². The highest BCUT2D eigenvalue weighted by atomic mass is 16.5. The maximum atomic E-state index is 13.0. The van der Waals surface area contributed by atoms with Crippen LogP contribution in [-0.2, 0) is 16.9 Å². The van der Waals surface area contributed by atoms with E-state index in [1.807, 2.05) is 0 Å². The number of nitrogens with one attached hydrogen (secondary N) is 2. The van der Waals surface area contributed by atoms with Crippen LogP contribution in [0.3, 0.4) is 0 Å². The van der Waals surface area contributed by atoms with E-state index in [0.717, 1.165) is 5.56 Å². The zero-order valence-electron chi connectivity index (χ0n) is 16.4. The number of ether oxygens (including phenoxy) is 1. The number of nitriles is 1. The largest absolute Gasteiger partial charge is 0.497 e. The number of carbonyl (C=O) groups is 3. The molecule has 9 heteroatoms. The van der Waals surface area contributed by atoms with Crippen LogP contribution in [0.15, 0.2) is 46.9 Å².